The second kappa shape index (κ2) is 5.46. The van der Waals surface area contributed by atoms with Crippen molar-refractivity contribution in [3.8, 4) is 11.4 Å². The maximum Gasteiger partial charge on any atom is 0.159 e. The van der Waals surface area contributed by atoms with Gasteiger partial charge in [0.05, 0.1) is 5.69 Å². The smallest absolute Gasteiger partial charge is 0.159 e. The van der Waals surface area contributed by atoms with E-state index in [1.807, 2.05) is 30.8 Å². The molecule has 0 amide bonds. The van der Waals surface area contributed by atoms with Crippen LogP contribution in [0.4, 0.5) is 0 Å². The molecule has 2 aromatic heterocycles. The summed E-state index contributed by atoms with van der Waals surface area (Å²) in [4.78, 5) is 8.58. The van der Waals surface area contributed by atoms with Crippen LogP contribution in [0.25, 0.3) is 11.4 Å². The van der Waals surface area contributed by atoms with Crippen molar-refractivity contribution in [2.45, 2.75) is 26.5 Å². The molecule has 0 N–H and O–H groups in total. The normalized spacial score (nSPS) is 12.7. The lowest BCUT2D eigenvalue weighted by molar-refractivity contribution is 0.112. The van der Waals surface area contributed by atoms with Crippen LogP contribution < -0.4 is 0 Å². The summed E-state index contributed by atoms with van der Waals surface area (Å²) in [6.07, 6.45) is 1.71. The molecular formula is C12H15ClN4O. The summed E-state index contributed by atoms with van der Waals surface area (Å²) >= 11 is 6.00. The number of aromatic nitrogens is 4. The van der Waals surface area contributed by atoms with Gasteiger partial charge in [-0.3, -0.25) is 4.68 Å². The molecule has 0 aliphatic carbocycles. The minimum absolute atomic E-state index is 0.198. The lowest BCUT2D eigenvalue weighted by Crippen LogP contribution is -2.04. The Labute approximate surface area is 111 Å². The van der Waals surface area contributed by atoms with Crippen LogP contribution in [0.5, 0.6) is 0 Å². The van der Waals surface area contributed by atoms with Gasteiger partial charge in [0.15, 0.2) is 5.82 Å². The van der Waals surface area contributed by atoms with Crippen molar-refractivity contribution in [3.63, 3.8) is 0 Å². The maximum atomic E-state index is 6.00. The molecule has 2 heterocycles. The number of nitrogens with zero attached hydrogens (tertiary/aromatic N) is 4. The molecule has 0 fully saturated rings. The predicted molar refractivity (Wildman–Crippen MR) is 69.4 cm³/mol. The fourth-order valence-corrected chi connectivity index (χ4v) is 1.72. The quantitative estimate of drug-likeness (QED) is 0.799. The van der Waals surface area contributed by atoms with Crippen LogP contribution in [0.15, 0.2) is 18.3 Å². The first kappa shape index (κ1) is 13.0. The maximum absolute atomic E-state index is 6.00. The fraction of sp³-hybridized carbons (Fsp3) is 0.417. The molecule has 0 aromatic carbocycles. The van der Waals surface area contributed by atoms with Gasteiger partial charge < -0.3 is 4.74 Å². The van der Waals surface area contributed by atoms with E-state index in [1.165, 1.54) is 0 Å². The van der Waals surface area contributed by atoms with E-state index in [0.29, 0.717) is 16.7 Å². The highest BCUT2D eigenvalue weighted by Gasteiger charge is 2.12. The van der Waals surface area contributed by atoms with Crippen LogP contribution >= 0.6 is 11.6 Å². The minimum Gasteiger partial charge on any atom is -0.374 e. The Bertz CT molecular complexity index is 541. The van der Waals surface area contributed by atoms with Gasteiger partial charge in [0, 0.05) is 25.9 Å². The number of halogens is 1. The summed E-state index contributed by atoms with van der Waals surface area (Å²) in [7, 11) is 1.61. The molecule has 0 aliphatic rings. The highest BCUT2D eigenvalue weighted by Crippen LogP contribution is 2.21. The molecule has 0 saturated carbocycles. The average molecular weight is 267 g/mol. The highest BCUT2D eigenvalue weighted by atomic mass is 35.5. The molecule has 5 nitrogen and oxygen atoms in total. The van der Waals surface area contributed by atoms with Gasteiger partial charge in [-0.2, -0.15) is 5.10 Å². The molecule has 1 atom stereocenters. The lowest BCUT2D eigenvalue weighted by Gasteiger charge is -2.09. The summed E-state index contributed by atoms with van der Waals surface area (Å²) < 4.78 is 7.04. The van der Waals surface area contributed by atoms with Gasteiger partial charge in [0.25, 0.3) is 0 Å². The zero-order chi connectivity index (χ0) is 13.1. The van der Waals surface area contributed by atoms with Gasteiger partial charge >= 0.3 is 0 Å². The molecule has 0 saturated heterocycles. The van der Waals surface area contributed by atoms with Crippen molar-refractivity contribution < 1.29 is 4.74 Å². The molecule has 18 heavy (non-hydrogen) atoms. The molecular weight excluding hydrogens is 252 g/mol. The van der Waals surface area contributed by atoms with Gasteiger partial charge in [0.1, 0.15) is 17.0 Å². The van der Waals surface area contributed by atoms with Crippen LogP contribution in [0.2, 0.25) is 5.15 Å². The Morgan fingerprint density at radius 1 is 1.39 bits per heavy atom. The number of methoxy groups -OCH3 is 1. The van der Waals surface area contributed by atoms with E-state index in [9.17, 15) is 0 Å². The monoisotopic (exact) mass is 266 g/mol. The molecule has 0 radical (unpaired) electrons. The highest BCUT2D eigenvalue weighted by molar-refractivity contribution is 6.29. The standard InChI is InChI=1S/C12H15ClN4O/c1-4-17-6-5-9(16-17)10-7-11(13)15-12(14-10)8(2)18-3/h5-8H,4H2,1-3H3/t8-/m1/s1. The summed E-state index contributed by atoms with van der Waals surface area (Å²) in [6.45, 7) is 4.72. The number of aryl methyl sites for hydroxylation is 1. The van der Waals surface area contributed by atoms with E-state index in [4.69, 9.17) is 16.3 Å². The van der Waals surface area contributed by atoms with Gasteiger partial charge in [-0.1, -0.05) is 11.6 Å². The third-order valence-electron chi connectivity index (χ3n) is 2.66. The summed E-state index contributed by atoms with van der Waals surface area (Å²) in [6, 6.07) is 3.61. The minimum atomic E-state index is -0.198. The van der Waals surface area contributed by atoms with E-state index in [0.717, 1.165) is 12.2 Å². The molecule has 0 spiro atoms. The molecule has 0 aliphatic heterocycles. The third-order valence-corrected chi connectivity index (χ3v) is 2.85. The molecule has 0 unspecified atom stereocenters. The Morgan fingerprint density at radius 3 is 2.78 bits per heavy atom. The van der Waals surface area contributed by atoms with Crippen LogP contribution in [-0.4, -0.2) is 26.9 Å². The third kappa shape index (κ3) is 2.68. The largest absolute Gasteiger partial charge is 0.374 e. The van der Waals surface area contributed by atoms with E-state index in [-0.39, 0.29) is 6.10 Å². The van der Waals surface area contributed by atoms with Crippen molar-refractivity contribution in [2.75, 3.05) is 7.11 Å². The Hall–Kier alpha value is -1.46. The van der Waals surface area contributed by atoms with E-state index in [2.05, 4.69) is 15.1 Å². The van der Waals surface area contributed by atoms with Crippen LogP contribution in [0.1, 0.15) is 25.8 Å². The first-order valence-corrected chi connectivity index (χ1v) is 6.13. The summed E-state index contributed by atoms with van der Waals surface area (Å²) in [5.74, 6) is 0.561. The first-order chi connectivity index (χ1) is 8.63. The zero-order valence-corrected chi connectivity index (χ0v) is 11.3. The van der Waals surface area contributed by atoms with Crippen molar-refractivity contribution >= 4 is 11.6 Å². The number of hydrogen-bond donors (Lipinski definition) is 0. The van der Waals surface area contributed by atoms with Crippen molar-refractivity contribution in [3.05, 3.63) is 29.3 Å². The number of hydrogen-bond acceptors (Lipinski definition) is 4. The van der Waals surface area contributed by atoms with Gasteiger partial charge in [-0.15, -0.1) is 0 Å². The van der Waals surface area contributed by atoms with Gasteiger partial charge in [0.2, 0.25) is 0 Å². The van der Waals surface area contributed by atoms with Gasteiger partial charge in [-0.05, 0) is 19.9 Å². The number of ether oxygens (including phenoxy) is 1. The van der Waals surface area contributed by atoms with Gasteiger partial charge in [-0.25, -0.2) is 9.97 Å². The van der Waals surface area contributed by atoms with Crippen LogP contribution in [-0.2, 0) is 11.3 Å². The van der Waals surface area contributed by atoms with E-state index < -0.39 is 0 Å². The SMILES string of the molecule is CCn1ccc(-c2cc(Cl)nc([C@@H](C)OC)n2)n1. The molecule has 0 bridgehead atoms. The van der Waals surface area contributed by atoms with E-state index >= 15 is 0 Å². The zero-order valence-electron chi connectivity index (χ0n) is 10.6. The second-order valence-electron chi connectivity index (χ2n) is 3.87. The average Bonchev–Trinajstić information content (AvgIpc) is 2.85. The first-order valence-electron chi connectivity index (χ1n) is 5.75. The van der Waals surface area contributed by atoms with Crippen molar-refractivity contribution in [1.82, 2.24) is 19.7 Å². The van der Waals surface area contributed by atoms with E-state index in [1.54, 1.807) is 13.2 Å². The Morgan fingerprint density at radius 2 is 2.17 bits per heavy atom. The molecule has 2 aromatic rings. The topological polar surface area (TPSA) is 52.8 Å². The second-order valence-corrected chi connectivity index (χ2v) is 4.26. The molecule has 6 heteroatoms. The van der Waals surface area contributed by atoms with Crippen molar-refractivity contribution in [2.24, 2.45) is 0 Å². The molecule has 2 rings (SSSR count). The van der Waals surface area contributed by atoms with Crippen LogP contribution in [0, 0.1) is 0 Å². The lowest BCUT2D eigenvalue weighted by atomic mass is 10.3. The summed E-state index contributed by atoms with van der Waals surface area (Å²) in [5, 5.41) is 4.79. The van der Waals surface area contributed by atoms with Crippen molar-refractivity contribution in [1.29, 1.82) is 0 Å². The fourth-order valence-electron chi connectivity index (χ4n) is 1.53. The van der Waals surface area contributed by atoms with Crippen LogP contribution in [0.3, 0.4) is 0 Å². The Balaban J connectivity index is 2.41. The summed E-state index contributed by atoms with van der Waals surface area (Å²) in [5.41, 5.74) is 1.49. The number of rotatable bonds is 4. The molecule has 96 valence electrons. The predicted octanol–water partition coefficient (Wildman–Crippen LogP) is 2.72. The Kier molecular flexibility index (Phi) is 3.93.